The summed E-state index contributed by atoms with van der Waals surface area (Å²) in [6, 6.07) is 5.47. The van der Waals surface area contributed by atoms with Crippen molar-refractivity contribution in [3.63, 3.8) is 0 Å². The van der Waals surface area contributed by atoms with Crippen molar-refractivity contribution in [3.05, 3.63) is 40.9 Å². The van der Waals surface area contributed by atoms with Gasteiger partial charge in [0.05, 0.1) is 11.4 Å². The zero-order valence-electron chi connectivity index (χ0n) is 12.8. The van der Waals surface area contributed by atoms with E-state index in [1.54, 1.807) is 10.6 Å². The molecule has 2 aromatic heterocycles. The minimum Gasteiger partial charge on any atom is -0.277 e. The third-order valence-electron chi connectivity index (χ3n) is 3.22. The molecular weight excluding hydrogens is 379 g/mol. The maximum atomic E-state index is 12.5. The van der Waals surface area contributed by atoms with Crippen molar-refractivity contribution in [1.29, 1.82) is 0 Å². The Hall–Kier alpha value is -2.14. The predicted molar refractivity (Wildman–Crippen MR) is 84.5 cm³/mol. The highest BCUT2D eigenvalue weighted by Gasteiger charge is 2.30. The van der Waals surface area contributed by atoms with Gasteiger partial charge in [0.1, 0.15) is 12.9 Å². The van der Waals surface area contributed by atoms with Crippen LogP contribution in [0, 0.1) is 6.92 Å². The van der Waals surface area contributed by atoms with Crippen LogP contribution in [0.4, 0.5) is 13.2 Å². The molecule has 0 amide bonds. The van der Waals surface area contributed by atoms with E-state index in [4.69, 9.17) is 11.6 Å². The van der Waals surface area contributed by atoms with Gasteiger partial charge >= 0.3 is 6.18 Å². The predicted octanol–water partition coefficient (Wildman–Crippen LogP) is 3.07. The Kier molecular flexibility index (Phi) is 4.95. The molecule has 0 aliphatic carbocycles. The number of alkyl halides is 3. The summed E-state index contributed by atoms with van der Waals surface area (Å²) in [5.41, 5.74) is 1.68. The monoisotopic (exact) mass is 389 g/mol. The number of halogens is 4. The summed E-state index contributed by atoms with van der Waals surface area (Å²) in [5.74, 6) is 0.209. The lowest BCUT2D eigenvalue weighted by Gasteiger charge is -2.09. The van der Waals surface area contributed by atoms with Gasteiger partial charge in [-0.1, -0.05) is 29.4 Å². The fourth-order valence-corrected chi connectivity index (χ4v) is 3.02. The zero-order valence-corrected chi connectivity index (χ0v) is 14.3. The van der Waals surface area contributed by atoms with Crippen LogP contribution in [0.5, 0.6) is 0 Å². The molecule has 0 fully saturated rings. The number of hydrogen-bond acceptors (Lipinski definition) is 6. The molecule has 0 saturated carbocycles. The number of tetrazole rings is 1. The molecular formula is C13H11ClF3N7S. The van der Waals surface area contributed by atoms with Crippen LogP contribution in [-0.2, 0) is 12.3 Å². The first-order chi connectivity index (χ1) is 11.8. The molecule has 25 heavy (non-hydrogen) atoms. The van der Waals surface area contributed by atoms with Crippen molar-refractivity contribution in [1.82, 2.24) is 35.0 Å². The first kappa shape index (κ1) is 17.7. The summed E-state index contributed by atoms with van der Waals surface area (Å²) < 4.78 is 39.9. The molecule has 0 N–H and O–H groups in total. The molecule has 3 aromatic rings. The molecule has 0 unspecified atom stereocenters. The minimum absolute atomic E-state index is 0.0961. The SMILES string of the molecule is Cc1ccc(-n2cnnc2SCc2nnnn2CC(F)(F)F)cc1Cl. The van der Waals surface area contributed by atoms with E-state index in [1.165, 1.54) is 18.1 Å². The maximum absolute atomic E-state index is 12.5. The molecule has 0 aliphatic rings. The van der Waals surface area contributed by atoms with Crippen LogP contribution in [0.1, 0.15) is 11.4 Å². The van der Waals surface area contributed by atoms with E-state index in [0.29, 0.717) is 10.2 Å². The molecule has 0 aliphatic heterocycles. The van der Waals surface area contributed by atoms with Gasteiger partial charge in [0.15, 0.2) is 11.0 Å². The Morgan fingerprint density at radius 3 is 2.76 bits per heavy atom. The van der Waals surface area contributed by atoms with Crippen LogP contribution in [0.25, 0.3) is 5.69 Å². The van der Waals surface area contributed by atoms with E-state index in [2.05, 4.69) is 25.7 Å². The standard InChI is InChI=1S/C13H11ClF3N7S/c1-8-2-3-9(4-10(8)14)23-7-18-20-12(23)25-5-11-19-21-22-24(11)6-13(15,16)17/h2-4,7H,5-6H2,1H3. The average molecular weight is 390 g/mol. The number of aromatic nitrogens is 7. The largest absolute Gasteiger partial charge is 0.408 e. The molecule has 2 heterocycles. The van der Waals surface area contributed by atoms with Gasteiger partial charge in [-0.25, -0.2) is 4.68 Å². The van der Waals surface area contributed by atoms with E-state index in [-0.39, 0.29) is 11.6 Å². The lowest BCUT2D eigenvalue weighted by molar-refractivity contribution is -0.143. The zero-order chi connectivity index (χ0) is 18.0. The molecule has 3 rings (SSSR count). The number of rotatable bonds is 5. The third-order valence-corrected chi connectivity index (χ3v) is 4.56. The van der Waals surface area contributed by atoms with Gasteiger partial charge in [-0.15, -0.1) is 15.3 Å². The van der Waals surface area contributed by atoms with E-state index in [0.717, 1.165) is 15.9 Å². The average Bonchev–Trinajstić information content (AvgIpc) is 3.15. The molecule has 0 spiro atoms. The molecule has 1 aromatic carbocycles. The summed E-state index contributed by atoms with van der Waals surface area (Å²) in [5, 5.41) is 19.2. The van der Waals surface area contributed by atoms with Gasteiger partial charge in [0.25, 0.3) is 0 Å². The fraction of sp³-hybridized carbons (Fsp3) is 0.308. The first-order valence-electron chi connectivity index (χ1n) is 6.94. The van der Waals surface area contributed by atoms with Gasteiger partial charge in [0.2, 0.25) is 0 Å². The third kappa shape index (κ3) is 4.28. The Morgan fingerprint density at radius 2 is 2.04 bits per heavy atom. The fourth-order valence-electron chi connectivity index (χ4n) is 1.98. The second-order valence-corrected chi connectivity index (χ2v) is 6.42. The second kappa shape index (κ2) is 7.00. The van der Waals surface area contributed by atoms with Crippen molar-refractivity contribution >= 4 is 23.4 Å². The first-order valence-corrected chi connectivity index (χ1v) is 8.31. The quantitative estimate of drug-likeness (QED) is 0.624. The minimum atomic E-state index is -4.40. The Balaban J connectivity index is 1.77. The Bertz CT molecular complexity index is 877. The van der Waals surface area contributed by atoms with Crippen LogP contribution in [-0.4, -0.2) is 41.1 Å². The van der Waals surface area contributed by atoms with Crippen LogP contribution in [0.3, 0.4) is 0 Å². The number of aryl methyl sites for hydroxylation is 1. The van der Waals surface area contributed by atoms with Crippen LogP contribution < -0.4 is 0 Å². The molecule has 0 radical (unpaired) electrons. The normalized spacial score (nSPS) is 11.9. The van der Waals surface area contributed by atoms with Crippen LogP contribution >= 0.6 is 23.4 Å². The summed E-state index contributed by atoms with van der Waals surface area (Å²) >= 11 is 7.30. The molecule has 12 heteroatoms. The van der Waals surface area contributed by atoms with Gasteiger partial charge < -0.3 is 0 Å². The Labute approximate surface area is 149 Å². The maximum Gasteiger partial charge on any atom is 0.408 e. The molecule has 0 atom stereocenters. The van der Waals surface area contributed by atoms with E-state index >= 15 is 0 Å². The molecule has 132 valence electrons. The number of thioether (sulfide) groups is 1. The summed E-state index contributed by atoms with van der Waals surface area (Å²) in [6.07, 6.45) is -2.89. The van der Waals surface area contributed by atoms with Crippen molar-refractivity contribution in [2.24, 2.45) is 0 Å². The van der Waals surface area contributed by atoms with Crippen molar-refractivity contribution in [2.75, 3.05) is 0 Å². The smallest absolute Gasteiger partial charge is 0.277 e. The van der Waals surface area contributed by atoms with Gasteiger partial charge in [-0.05, 0) is 35.0 Å². The lowest BCUT2D eigenvalue weighted by atomic mass is 10.2. The van der Waals surface area contributed by atoms with Gasteiger partial charge in [0, 0.05) is 5.02 Å². The lowest BCUT2D eigenvalue weighted by Crippen LogP contribution is -2.20. The summed E-state index contributed by atoms with van der Waals surface area (Å²) in [7, 11) is 0. The van der Waals surface area contributed by atoms with E-state index in [9.17, 15) is 13.2 Å². The Morgan fingerprint density at radius 1 is 1.24 bits per heavy atom. The van der Waals surface area contributed by atoms with Crippen molar-refractivity contribution in [2.45, 2.75) is 30.6 Å². The number of benzene rings is 1. The van der Waals surface area contributed by atoms with Crippen molar-refractivity contribution < 1.29 is 13.2 Å². The molecule has 7 nitrogen and oxygen atoms in total. The molecule has 0 bridgehead atoms. The highest BCUT2D eigenvalue weighted by molar-refractivity contribution is 7.98. The topological polar surface area (TPSA) is 74.3 Å². The highest BCUT2D eigenvalue weighted by Crippen LogP contribution is 2.26. The molecule has 0 saturated heterocycles. The second-order valence-electron chi connectivity index (χ2n) is 5.07. The van der Waals surface area contributed by atoms with Crippen LogP contribution in [0.15, 0.2) is 29.7 Å². The summed E-state index contributed by atoms with van der Waals surface area (Å²) in [4.78, 5) is 0. The number of hydrogen-bond donors (Lipinski definition) is 0. The van der Waals surface area contributed by atoms with Gasteiger partial charge in [-0.3, -0.25) is 4.57 Å². The summed E-state index contributed by atoms with van der Waals surface area (Å²) in [6.45, 7) is 0.643. The van der Waals surface area contributed by atoms with E-state index < -0.39 is 12.7 Å². The van der Waals surface area contributed by atoms with Crippen molar-refractivity contribution in [3.8, 4) is 5.69 Å². The number of nitrogens with zero attached hydrogens (tertiary/aromatic N) is 7. The van der Waals surface area contributed by atoms with Crippen LogP contribution in [0.2, 0.25) is 5.02 Å². The highest BCUT2D eigenvalue weighted by atomic mass is 35.5. The van der Waals surface area contributed by atoms with Gasteiger partial charge in [-0.2, -0.15) is 13.2 Å². The van der Waals surface area contributed by atoms with E-state index in [1.807, 2.05) is 19.1 Å².